The predicted octanol–water partition coefficient (Wildman–Crippen LogP) is 5.32. The van der Waals surface area contributed by atoms with Gasteiger partial charge in [0.15, 0.2) is 6.73 Å². The minimum atomic E-state index is -0.541. The van der Waals surface area contributed by atoms with Crippen molar-refractivity contribution in [2.75, 3.05) is 49.3 Å². The normalized spacial score (nSPS) is 16.3. The molecule has 1 aromatic heterocycles. The number of halogens is 1. The Hall–Kier alpha value is -2.88. The number of ether oxygens (including phenoxy) is 1. The molecule has 10 heteroatoms. The first-order valence-electron chi connectivity index (χ1n) is 13.5. The number of nitrogens with one attached hydrogen (secondary N) is 1. The third kappa shape index (κ3) is 6.00. The van der Waals surface area contributed by atoms with E-state index in [9.17, 15) is 9.59 Å². The van der Waals surface area contributed by atoms with Crippen LogP contribution in [0.3, 0.4) is 0 Å². The topological polar surface area (TPSA) is 78.0 Å². The maximum atomic E-state index is 12.7. The molecule has 1 fully saturated rings. The fourth-order valence-electron chi connectivity index (χ4n) is 4.91. The summed E-state index contributed by atoms with van der Waals surface area (Å²) in [6.07, 6.45) is 0.548. The van der Waals surface area contributed by atoms with Crippen molar-refractivity contribution in [1.82, 2.24) is 14.6 Å². The molecule has 1 N–H and O–H groups in total. The second-order valence-corrected chi connectivity index (χ2v) is 12.4. The van der Waals surface area contributed by atoms with E-state index in [4.69, 9.17) is 20.7 Å². The van der Waals surface area contributed by atoms with Gasteiger partial charge in [-0.1, -0.05) is 43.6 Å². The number of nitrogens with zero attached hydrogens (tertiary/aromatic N) is 4. The number of piperazine rings is 1. The third-order valence-corrected chi connectivity index (χ3v) is 9.27. The highest BCUT2D eigenvalue weighted by atomic mass is 35.5. The third-order valence-electron chi connectivity index (χ3n) is 8.10. The number of alkyl carbamates (subject to hydrolysis) is 1. The smallest absolute Gasteiger partial charge is 0.409 e. The van der Waals surface area contributed by atoms with Crippen LogP contribution in [-0.4, -0.2) is 66.3 Å². The summed E-state index contributed by atoms with van der Waals surface area (Å²) in [6.45, 7) is 12.5. The molecule has 0 saturated carbocycles. The number of anilines is 2. The van der Waals surface area contributed by atoms with E-state index >= 15 is 0 Å². The number of benzene rings is 2. The Kier molecular flexibility index (Phi) is 8.03. The van der Waals surface area contributed by atoms with Crippen molar-refractivity contribution in [3.05, 3.63) is 52.5 Å². The average molecular weight is 570 g/mol. The predicted molar refractivity (Wildman–Crippen MR) is 158 cm³/mol. The largest absolute Gasteiger partial charge is 0.428 e. The first kappa shape index (κ1) is 27.7. The Bertz CT molecular complexity index is 1370. The average Bonchev–Trinajstić information content (AvgIpc) is 3.46. The zero-order chi connectivity index (χ0) is 27.7. The van der Waals surface area contributed by atoms with E-state index < -0.39 is 11.6 Å². The molecule has 39 heavy (non-hydrogen) atoms. The van der Waals surface area contributed by atoms with Crippen LogP contribution < -0.4 is 15.1 Å². The molecule has 2 aromatic carbocycles. The van der Waals surface area contributed by atoms with Crippen molar-refractivity contribution in [2.45, 2.75) is 46.1 Å². The van der Waals surface area contributed by atoms with Crippen LogP contribution in [0.4, 0.5) is 16.3 Å². The number of carbonyl (C=O) groups excluding carboxylic acids is 2. The molecule has 2 aliphatic rings. The molecule has 0 spiro atoms. The van der Waals surface area contributed by atoms with E-state index in [-0.39, 0.29) is 25.0 Å². The molecule has 208 valence electrons. The summed E-state index contributed by atoms with van der Waals surface area (Å²) in [5.41, 5.74) is 2.26. The standard InChI is InChI=1S/C29H36ClN5O3S/c1-19(2)29(3,4)31-28(37)38-18-35-24-17-23(30)20(15-21(24)16-26(35)36)9-10-33-11-13-34(14-12-33)27-22-7-5-6-8-25(22)39-32-27/h5-8,15,17,19H,9-14,16,18H2,1-4H3,(H,31,37). The van der Waals surface area contributed by atoms with E-state index in [1.807, 2.05) is 39.8 Å². The van der Waals surface area contributed by atoms with Gasteiger partial charge in [-0.05, 0) is 67.0 Å². The molecule has 2 aliphatic heterocycles. The lowest BCUT2D eigenvalue weighted by Gasteiger charge is -2.35. The molecule has 1 saturated heterocycles. The van der Waals surface area contributed by atoms with Gasteiger partial charge < -0.3 is 15.0 Å². The summed E-state index contributed by atoms with van der Waals surface area (Å²) in [4.78, 5) is 31.4. The van der Waals surface area contributed by atoms with E-state index in [0.29, 0.717) is 10.7 Å². The van der Waals surface area contributed by atoms with Crippen molar-refractivity contribution >= 4 is 56.7 Å². The van der Waals surface area contributed by atoms with Gasteiger partial charge in [0.2, 0.25) is 5.91 Å². The Morgan fingerprint density at radius 2 is 1.92 bits per heavy atom. The van der Waals surface area contributed by atoms with Gasteiger partial charge in [0, 0.05) is 48.7 Å². The molecule has 2 amide bonds. The van der Waals surface area contributed by atoms with Crippen molar-refractivity contribution in [1.29, 1.82) is 0 Å². The number of amides is 2. The molecule has 0 bridgehead atoms. The van der Waals surface area contributed by atoms with Crippen molar-refractivity contribution in [3.8, 4) is 0 Å². The van der Waals surface area contributed by atoms with Gasteiger partial charge in [0.05, 0.1) is 16.8 Å². The molecule has 8 nitrogen and oxygen atoms in total. The van der Waals surface area contributed by atoms with Crippen LogP contribution in [0.15, 0.2) is 36.4 Å². The van der Waals surface area contributed by atoms with Gasteiger partial charge in [-0.25, -0.2) is 4.79 Å². The van der Waals surface area contributed by atoms with Crippen LogP contribution in [-0.2, 0) is 22.4 Å². The maximum Gasteiger partial charge on any atom is 0.409 e. The van der Waals surface area contributed by atoms with Crippen LogP contribution in [0.25, 0.3) is 10.1 Å². The van der Waals surface area contributed by atoms with Gasteiger partial charge in [-0.2, -0.15) is 4.37 Å². The number of hydrogen-bond acceptors (Lipinski definition) is 7. The molecule has 0 aliphatic carbocycles. The molecule has 3 aromatic rings. The molecule has 0 radical (unpaired) electrons. The maximum absolute atomic E-state index is 12.7. The van der Waals surface area contributed by atoms with Crippen LogP contribution in [0.2, 0.25) is 5.02 Å². The van der Waals surface area contributed by atoms with Gasteiger partial charge >= 0.3 is 6.09 Å². The van der Waals surface area contributed by atoms with E-state index in [1.165, 1.54) is 15.0 Å². The number of aromatic nitrogens is 1. The van der Waals surface area contributed by atoms with Gasteiger partial charge in [-0.3, -0.25) is 14.6 Å². The van der Waals surface area contributed by atoms with Crippen LogP contribution in [0.1, 0.15) is 38.8 Å². The van der Waals surface area contributed by atoms with Crippen LogP contribution >= 0.6 is 23.1 Å². The summed E-state index contributed by atoms with van der Waals surface area (Å²) >= 11 is 8.24. The highest BCUT2D eigenvalue weighted by molar-refractivity contribution is 7.13. The summed E-state index contributed by atoms with van der Waals surface area (Å²) < 4.78 is 11.3. The molecular formula is C29H36ClN5O3S. The lowest BCUT2D eigenvalue weighted by Crippen LogP contribution is -2.48. The summed E-state index contributed by atoms with van der Waals surface area (Å²) in [6, 6.07) is 12.3. The van der Waals surface area contributed by atoms with E-state index in [2.05, 4.69) is 39.4 Å². The first-order valence-corrected chi connectivity index (χ1v) is 14.7. The number of rotatable bonds is 8. The lowest BCUT2D eigenvalue weighted by molar-refractivity contribution is -0.118. The second-order valence-electron chi connectivity index (χ2n) is 11.2. The summed E-state index contributed by atoms with van der Waals surface area (Å²) in [5.74, 6) is 1.23. The van der Waals surface area contributed by atoms with Crippen LogP contribution in [0.5, 0.6) is 0 Å². The Morgan fingerprint density at radius 1 is 1.18 bits per heavy atom. The van der Waals surface area contributed by atoms with Gasteiger partial charge in [0.25, 0.3) is 0 Å². The number of fused-ring (bicyclic) bond motifs is 2. The summed E-state index contributed by atoms with van der Waals surface area (Å²) in [5, 5.41) is 4.73. The van der Waals surface area contributed by atoms with E-state index in [0.717, 1.165) is 56.1 Å². The fourth-order valence-corrected chi connectivity index (χ4v) is 5.95. The first-order chi connectivity index (χ1) is 18.6. The summed E-state index contributed by atoms with van der Waals surface area (Å²) in [7, 11) is 0. The van der Waals surface area contributed by atoms with Crippen molar-refractivity contribution in [2.24, 2.45) is 5.92 Å². The van der Waals surface area contributed by atoms with Crippen molar-refractivity contribution < 1.29 is 14.3 Å². The number of hydrogen-bond donors (Lipinski definition) is 1. The SMILES string of the molecule is CC(C)C(C)(C)NC(=O)OCN1C(=O)Cc2cc(CCN3CCN(c4nsc5ccccc45)CC3)c(Cl)cc21. The zero-order valence-electron chi connectivity index (χ0n) is 23.0. The monoisotopic (exact) mass is 569 g/mol. The van der Waals surface area contributed by atoms with Crippen molar-refractivity contribution in [3.63, 3.8) is 0 Å². The molecule has 3 heterocycles. The quantitative estimate of drug-likeness (QED) is 0.395. The van der Waals surface area contributed by atoms with E-state index in [1.54, 1.807) is 11.5 Å². The minimum Gasteiger partial charge on any atom is -0.428 e. The Labute approximate surface area is 239 Å². The fraction of sp³-hybridized carbons (Fsp3) is 0.483. The molecule has 5 rings (SSSR count). The molecular weight excluding hydrogens is 534 g/mol. The van der Waals surface area contributed by atoms with Gasteiger partial charge in [0.1, 0.15) is 5.82 Å². The zero-order valence-corrected chi connectivity index (χ0v) is 24.6. The Balaban J connectivity index is 1.15. The Morgan fingerprint density at radius 3 is 2.67 bits per heavy atom. The second kappa shape index (κ2) is 11.3. The number of carbonyl (C=O) groups is 2. The highest BCUT2D eigenvalue weighted by Gasteiger charge is 2.31. The van der Waals surface area contributed by atoms with Gasteiger partial charge in [-0.15, -0.1) is 0 Å². The highest BCUT2D eigenvalue weighted by Crippen LogP contribution is 2.34. The minimum absolute atomic E-state index is 0.0974. The molecule has 0 unspecified atom stereocenters. The lowest BCUT2D eigenvalue weighted by atomic mass is 9.91. The van der Waals surface area contributed by atoms with Crippen LogP contribution in [0, 0.1) is 5.92 Å². The molecule has 0 atom stereocenters.